The molecule has 3 saturated heterocycles. The number of cyclic esters (lactones) is 1. The number of carbonyl (C=O) groups is 1. The summed E-state index contributed by atoms with van der Waals surface area (Å²) < 4.78 is 24.8. The van der Waals surface area contributed by atoms with E-state index in [9.17, 15) is 30.3 Å². The number of carbonyl (C=O) groups excluding carboxylic acids is 1. The smallest absolute Gasteiger partial charge is 0.309 e. The van der Waals surface area contributed by atoms with Crippen molar-refractivity contribution in [1.82, 2.24) is 9.80 Å². The van der Waals surface area contributed by atoms with Gasteiger partial charge < -0.3 is 54.3 Å². The highest BCUT2D eigenvalue weighted by Crippen LogP contribution is 2.46. The first-order valence-corrected chi connectivity index (χ1v) is 19.8. The zero-order valence-electron chi connectivity index (χ0n) is 34.8. The molecule has 0 aromatic rings. The number of rotatable bonds is 7. The summed E-state index contributed by atoms with van der Waals surface area (Å²) in [6, 6.07) is -0.596. The Hall–Kier alpha value is -0.930. The number of aliphatic hydroxyl groups is 5. The van der Waals surface area contributed by atoms with E-state index in [1.165, 1.54) is 6.92 Å². The number of hydrogen-bond acceptors (Lipinski definition) is 12. The lowest BCUT2D eigenvalue weighted by atomic mass is 9.64. The highest BCUT2D eigenvalue weighted by atomic mass is 16.6. The van der Waals surface area contributed by atoms with Gasteiger partial charge in [0.2, 0.25) is 0 Å². The molecule has 5 N–H and O–H groups in total. The molecule has 12 heteroatoms. The van der Waals surface area contributed by atoms with Crippen LogP contribution in [0, 0.1) is 29.6 Å². The van der Waals surface area contributed by atoms with Crippen molar-refractivity contribution >= 4 is 5.97 Å². The van der Waals surface area contributed by atoms with Crippen LogP contribution in [0.3, 0.4) is 0 Å². The molecule has 0 radical (unpaired) electrons. The maximum Gasteiger partial charge on any atom is 0.309 e. The van der Waals surface area contributed by atoms with Crippen molar-refractivity contribution in [2.45, 2.75) is 185 Å². The third kappa shape index (κ3) is 10.1. The van der Waals surface area contributed by atoms with Gasteiger partial charge in [-0.3, -0.25) is 4.79 Å². The van der Waals surface area contributed by atoms with E-state index in [2.05, 4.69) is 13.8 Å². The van der Waals surface area contributed by atoms with Crippen molar-refractivity contribution in [3.63, 3.8) is 0 Å². The lowest BCUT2D eigenvalue weighted by molar-refractivity contribution is -0.220. The van der Waals surface area contributed by atoms with Gasteiger partial charge in [0.15, 0.2) is 0 Å². The van der Waals surface area contributed by atoms with Crippen LogP contribution in [0.5, 0.6) is 0 Å². The number of hydrogen-bond donors (Lipinski definition) is 5. The maximum atomic E-state index is 14.3. The molecular weight excluding hydrogens is 668 g/mol. The van der Waals surface area contributed by atoms with Crippen LogP contribution in [-0.2, 0) is 23.7 Å². The minimum Gasteiger partial charge on any atom is -0.459 e. The monoisotopic (exact) mass is 745 g/mol. The Morgan fingerprint density at radius 3 is 2.12 bits per heavy atom. The molecule has 0 amide bonds. The van der Waals surface area contributed by atoms with Crippen LogP contribution in [0.2, 0.25) is 0 Å². The molecule has 3 fully saturated rings. The Labute approximate surface area is 314 Å². The number of methoxy groups -OCH3 is 1. The van der Waals surface area contributed by atoms with E-state index in [1.807, 2.05) is 79.4 Å². The zero-order valence-corrected chi connectivity index (χ0v) is 34.8. The number of nitrogens with zero attached hydrogens (tertiary/aromatic N) is 2. The molecule has 18 atom stereocenters. The van der Waals surface area contributed by atoms with Crippen LogP contribution in [0.4, 0.5) is 0 Å². The minimum atomic E-state index is -1.73. The van der Waals surface area contributed by atoms with E-state index >= 15 is 0 Å². The second-order valence-corrected chi connectivity index (χ2v) is 18.1. The van der Waals surface area contributed by atoms with Gasteiger partial charge in [-0.15, -0.1) is 0 Å². The quantitative estimate of drug-likeness (QED) is 0.243. The highest BCUT2D eigenvalue weighted by Gasteiger charge is 2.51. The first-order valence-electron chi connectivity index (χ1n) is 19.8. The van der Waals surface area contributed by atoms with Crippen molar-refractivity contribution in [2.75, 3.05) is 34.8 Å². The van der Waals surface area contributed by atoms with Gasteiger partial charge in [-0.25, -0.2) is 0 Å². The molecule has 3 aliphatic heterocycles. The fourth-order valence-corrected chi connectivity index (χ4v) is 10.0. The van der Waals surface area contributed by atoms with Crippen LogP contribution in [0.25, 0.3) is 0 Å². The number of likely N-dealkylation sites (N-methyl/N-ethyl adjacent to an activating group) is 2. The Kier molecular flexibility index (Phi) is 15.6. The van der Waals surface area contributed by atoms with E-state index < -0.39 is 83.2 Å². The molecule has 0 spiro atoms. The molecule has 12 nitrogen and oxygen atoms in total. The normalized spacial score (nSPS) is 49.6. The van der Waals surface area contributed by atoms with E-state index in [0.29, 0.717) is 45.1 Å². The fraction of sp³-hybridized carbons (Fsp3) is 0.975. The van der Waals surface area contributed by atoms with Gasteiger partial charge in [0.25, 0.3) is 0 Å². The molecule has 0 unspecified atom stereocenters. The molecule has 0 bridgehead atoms. The van der Waals surface area contributed by atoms with Crippen molar-refractivity contribution in [1.29, 1.82) is 0 Å². The largest absolute Gasteiger partial charge is 0.459 e. The van der Waals surface area contributed by atoms with Crippen molar-refractivity contribution in [2.24, 2.45) is 29.6 Å². The summed E-state index contributed by atoms with van der Waals surface area (Å²) in [4.78, 5) is 18.3. The molecule has 0 aliphatic carbocycles. The SMILES string of the molecule is CC[C@@H]1OC(=O)[C@H](C)[C@H](C[C@@H]2C[C@](C)(OC)[C@H](O)[C@H](C)O2)[C@H](C)[C@H](C[C@@H]2O[C@H](C)C[C@H](N(C)C)[C@@H]2O)[C@](C)(O)C[C@H](C)CN(C)[C@H](C)[C@H](O)[C@]1(C)O. The predicted octanol–water partition coefficient (Wildman–Crippen LogP) is 3.23. The molecule has 3 rings (SSSR count). The maximum absolute atomic E-state index is 14.3. The lowest BCUT2D eigenvalue weighted by Gasteiger charge is -2.49. The third-order valence-electron chi connectivity index (χ3n) is 13.5. The van der Waals surface area contributed by atoms with Gasteiger partial charge in [0.1, 0.15) is 23.9 Å². The van der Waals surface area contributed by atoms with Crippen LogP contribution < -0.4 is 0 Å². The van der Waals surface area contributed by atoms with Crippen LogP contribution in [0.15, 0.2) is 0 Å². The number of aliphatic hydroxyl groups excluding tert-OH is 3. The molecule has 52 heavy (non-hydrogen) atoms. The Balaban J connectivity index is 2.17. The summed E-state index contributed by atoms with van der Waals surface area (Å²) in [6.45, 7) is 19.3. The van der Waals surface area contributed by atoms with Gasteiger partial charge in [-0.1, -0.05) is 27.7 Å². The van der Waals surface area contributed by atoms with E-state index in [-0.39, 0.29) is 30.1 Å². The average Bonchev–Trinajstić information content (AvgIpc) is 3.05. The van der Waals surface area contributed by atoms with Crippen molar-refractivity contribution < 1.29 is 49.3 Å². The second kappa shape index (κ2) is 17.9. The van der Waals surface area contributed by atoms with Gasteiger partial charge in [0.05, 0.1) is 47.6 Å². The topological polar surface area (TPSA) is 162 Å². The first kappa shape index (κ1) is 45.5. The molecule has 0 saturated carbocycles. The van der Waals surface area contributed by atoms with Crippen LogP contribution in [0.1, 0.15) is 108 Å². The summed E-state index contributed by atoms with van der Waals surface area (Å²) >= 11 is 0. The molecule has 3 aliphatic rings. The Morgan fingerprint density at radius 2 is 1.56 bits per heavy atom. The van der Waals surface area contributed by atoms with E-state index in [4.69, 9.17) is 18.9 Å². The summed E-state index contributed by atoms with van der Waals surface area (Å²) in [5.74, 6) is -2.35. The fourth-order valence-electron chi connectivity index (χ4n) is 10.0. The molecule has 0 aromatic carbocycles. The van der Waals surface area contributed by atoms with E-state index in [1.54, 1.807) is 7.11 Å². The molecule has 3 heterocycles. The summed E-state index contributed by atoms with van der Waals surface area (Å²) in [5, 5.41) is 58.6. The molecular formula is C40H76N2O10. The van der Waals surface area contributed by atoms with Gasteiger partial charge in [0, 0.05) is 32.2 Å². The van der Waals surface area contributed by atoms with Gasteiger partial charge in [-0.05, 0) is 118 Å². The minimum absolute atomic E-state index is 0.0211. The van der Waals surface area contributed by atoms with E-state index in [0.717, 1.165) is 0 Å². The first-order chi connectivity index (χ1) is 23.9. The predicted molar refractivity (Wildman–Crippen MR) is 201 cm³/mol. The Morgan fingerprint density at radius 1 is 0.942 bits per heavy atom. The van der Waals surface area contributed by atoms with Gasteiger partial charge >= 0.3 is 5.97 Å². The summed E-state index contributed by atoms with van der Waals surface area (Å²) in [7, 11) is 7.40. The van der Waals surface area contributed by atoms with Crippen LogP contribution >= 0.6 is 0 Å². The lowest BCUT2D eigenvalue weighted by Crippen LogP contribution is -2.59. The molecule has 0 aromatic heterocycles. The standard InChI is InChI=1S/C40H76N2O10/c1-15-33-40(10,48)35(44)26(6)42(13)21-22(2)19-38(8,47)30(18-32-34(43)31(41(11)12)16-23(3)50-32)24(4)29(25(5)37(46)52-33)17-28-20-39(9,49-14)36(45)27(7)51-28/h22-36,43-45,47-48H,15-21H2,1-14H3/t22-,23+,24-,25+,26+,27-,28+,29+,30-,31-,32-,33-,34-,35-,36+,38+,39-,40+/m0/s1. The van der Waals surface area contributed by atoms with Crippen LogP contribution in [-0.4, -0.2) is 154 Å². The molecule has 306 valence electrons. The summed E-state index contributed by atoms with van der Waals surface area (Å²) in [5.41, 5.74) is -3.85. The van der Waals surface area contributed by atoms with Gasteiger partial charge in [-0.2, -0.15) is 0 Å². The van der Waals surface area contributed by atoms with Crippen molar-refractivity contribution in [3.8, 4) is 0 Å². The van der Waals surface area contributed by atoms with Crippen molar-refractivity contribution in [3.05, 3.63) is 0 Å². The highest BCUT2D eigenvalue weighted by molar-refractivity contribution is 5.72. The number of ether oxygens (including phenoxy) is 4. The second-order valence-electron chi connectivity index (χ2n) is 18.1. The number of esters is 1. The third-order valence-corrected chi connectivity index (χ3v) is 13.5. The summed E-state index contributed by atoms with van der Waals surface area (Å²) in [6.07, 6.45) is -2.80. The zero-order chi connectivity index (χ0) is 39.7. The Bertz CT molecular complexity index is 1140. The average molecular weight is 745 g/mol.